The van der Waals surface area contributed by atoms with Crippen LogP contribution in [0.1, 0.15) is 24.1 Å². The molecular formula is C20H26N2O3. The van der Waals surface area contributed by atoms with E-state index in [4.69, 9.17) is 4.74 Å². The lowest BCUT2D eigenvalue weighted by Crippen LogP contribution is -2.38. The van der Waals surface area contributed by atoms with E-state index in [0.717, 1.165) is 11.1 Å². The van der Waals surface area contributed by atoms with E-state index < -0.39 is 6.04 Å². The van der Waals surface area contributed by atoms with Crippen LogP contribution in [0.15, 0.2) is 48.5 Å². The van der Waals surface area contributed by atoms with E-state index in [1.54, 1.807) is 7.11 Å². The first-order valence-corrected chi connectivity index (χ1v) is 8.46. The van der Waals surface area contributed by atoms with Crippen LogP contribution in [-0.2, 0) is 4.79 Å². The van der Waals surface area contributed by atoms with E-state index in [2.05, 4.69) is 5.32 Å². The Morgan fingerprint density at radius 3 is 2.56 bits per heavy atom. The number of aryl methyl sites for hydroxylation is 1. The molecule has 134 valence electrons. The average molecular weight is 342 g/mol. The molecule has 0 aliphatic heterocycles. The van der Waals surface area contributed by atoms with E-state index >= 15 is 0 Å². The third-order valence-electron chi connectivity index (χ3n) is 4.14. The van der Waals surface area contributed by atoms with Crippen molar-refractivity contribution in [3.05, 3.63) is 59.7 Å². The van der Waals surface area contributed by atoms with Crippen LogP contribution in [-0.4, -0.2) is 42.7 Å². The fourth-order valence-electron chi connectivity index (χ4n) is 2.88. The Morgan fingerprint density at radius 1 is 1.24 bits per heavy atom. The van der Waals surface area contributed by atoms with Crippen molar-refractivity contribution in [3.8, 4) is 5.75 Å². The molecule has 1 unspecified atom stereocenters. The van der Waals surface area contributed by atoms with Gasteiger partial charge in [0, 0.05) is 6.54 Å². The van der Waals surface area contributed by atoms with Crippen molar-refractivity contribution in [1.29, 1.82) is 0 Å². The smallest absolute Gasteiger partial charge is 0.246 e. The Balaban J connectivity index is 2.34. The Hall–Kier alpha value is -2.37. The molecule has 2 N–H and O–H groups in total. The second kappa shape index (κ2) is 9.20. The van der Waals surface area contributed by atoms with E-state index in [-0.39, 0.29) is 12.5 Å². The van der Waals surface area contributed by atoms with Gasteiger partial charge >= 0.3 is 0 Å². The minimum absolute atomic E-state index is 0.00177. The maximum Gasteiger partial charge on any atom is 0.246 e. The number of anilines is 1. The predicted octanol–water partition coefficient (Wildman–Crippen LogP) is 3.00. The maximum atomic E-state index is 13.1. The monoisotopic (exact) mass is 342 g/mol. The number of nitrogens with one attached hydrogen (secondary N) is 1. The van der Waals surface area contributed by atoms with Gasteiger partial charge in [0.2, 0.25) is 5.91 Å². The van der Waals surface area contributed by atoms with Gasteiger partial charge in [-0.25, -0.2) is 0 Å². The number of aliphatic hydroxyl groups excluding tert-OH is 1. The molecule has 2 aromatic rings. The third-order valence-corrected chi connectivity index (χ3v) is 4.14. The Kier molecular flexibility index (Phi) is 6.98. The molecule has 0 aromatic heterocycles. The van der Waals surface area contributed by atoms with Gasteiger partial charge in [-0.3, -0.25) is 9.69 Å². The summed E-state index contributed by atoms with van der Waals surface area (Å²) >= 11 is 0. The van der Waals surface area contributed by atoms with Crippen molar-refractivity contribution in [2.45, 2.75) is 19.9 Å². The van der Waals surface area contributed by atoms with Gasteiger partial charge in [0.25, 0.3) is 0 Å². The second-order valence-corrected chi connectivity index (χ2v) is 5.86. The lowest BCUT2D eigenvalue weighted by molar-refractivity contribution is -0.121. The second-order valence-electron chi connectivity index (χ2n) is 5.86. The Morgan fingerprint density at radius 2 is 1.96 bits per heavy atom. The van der Waals surface area contributed by atoms with Crippen molar-refractivity contribution in [2.75, 3.05) is 32.1 Å². The number of aliphatic hydroxyl groups is 1. The largest absolute Gasteiger partial charge is 0.495 e. The summed E-state index contributed by atoms with van der Waals surface area (Å²) in [6.07, 6.45) is 0. The molecule has 1 amide bonds. The fraction of sp³-hybridized carbons (Fsp3) is 0.350. The quantitative estimate of drug-likeness (QED) is 0.774. The highest BCUT2D eigenvalue weighted by atomic mass is 16.5. The van der Waals surface area contributed by atoms with Crippen molar-refractivity contribution in [1.82, 2.24) is 4.90 Å². The molecule has 0 bridgehead atoms. The summed E-state index contributed by atoms with van der Waals surface area (Å²) in [6.45, 7) is 5.02. The first-order valence-electron chi connectivity index (χ1n) is 8.46. The number of ether oxygens (including phenoxy) is 1. The van der Waals surface area contributed by atoms with Crippen LogP contribution >= 0.6 is 0 Å². The molecule has 0 aliphatic rings. The van der Waals surface area contributed by atoms with Gasteiger partial charge in [0.1, 0.15) is 11.8 Å². The number of nitrogens with zero attached hydrogens (tertiary/aromatic N) is 1. The van der Waals surface area contributed by atoms with Gasteiger partial charge in [-0.2, -0.15) is 0 Å². The molecule has 25 heavy (non-hydrogen) atoms. The number of methoxy groups -OCH3 is 1. The van der Waals surface area contributed by atoms with Crippen molar-refractivity contribution < 1.29 is 14.6 Å². The standard InChI is InChI=1S/C20H26N2O3/c1-4-22(12-13-23)19(16-8-6-5-7-9-16)20(24)21-17-14-15(2)10-11-18(17)25-3/h5-11,14,19,23H,4,12-13H2,1-3H3,(H,21,24). The summed E-state index contributed by atoms with van der Waals surface area (Å²) in [6, 6.07) is 14.8. The van der Waals surface area contributed by atoms with Crippen molar-refractivity contribution in [2.24, 2.45) is 0 Å². The maximum absolute atomic E-state index is 13.1. The molecule has 2 aromatic carbocycles. The number of likely N-dealkylation sites (N-methyl/N-ethyl adjacent to an activating group) is 1. The summed E-state index contributed by atoms with van der Waals surface area (Å²) < 4.78 is 5.35. The highest BCUT2D eigenvalue weighted by molar-refractivity contribution is 5.96. The fourth-order valence-corrected chi connectivity index (χ4v) is 2.88. The molecule has 0 fully saturated rings. The first-order chi connectivity index (χ1) is 12.1. The summed E-state index contributed by atoms with van der Waals surface area (Å²) in [5.41, 5.74) is 2.57. The molecule has 0 saturated carbocycles. The predicted molar refractivity (Wildman–Crippen MR) is 99.9 cm³/mol. The van der Waals surface area contributed by atoms with E-state index in [1.807, 2.05) is 67.3 Å². The zero-order valence-corrected chi connectivity index (χ0v) is 15.0. The van der Waals surface area contributed by atoms with Gasteiger partial charge < -0.3 is 15.2 Å². The molecular weight excluding hydrogens is 316 g/mol. The first kappa shape index (κ1) is 19.0. The summed E-state index contributed by atoms with van der Waals surface area (Å²) in [5.74, 6) is 0.473. The van der Waals surface area contributed by atoms with Crippen LogP contribution in [0.25, 0.3) is 0 Å². The number of rotatable bonds is 8. The van der Waals surface area contributed by atoms with Crippen LogP contribution in [0, 0.1) is 6.92 Å². The minimum Gasteiger partial charge on any atom is -0.495 e. The summed E-state index contributed by atoms with van der Waals surface area (Å²) in [7, 11) is 1.58. The molecule has 0 spiro atoms. The van der Waals surface area contributed by atoms with Gasteiger partial charge in [-0.15, -0.1) is 0 Å². The normalized spacial score (nSPS) is 12.0. The van der Waals surface area contributed by atoms with Gasteiger partial charge in [-0.05, 0) is 36.7 Å². The number of hydrogen-bond acceptors (Lipinski definition) is 4. The third kappa shape index (κ3) is 4.81. The van der Waals surface area contributed by atoms with Gasteiger partial charge in [0.05, 0.1) is 19.4 Å². The van der Waals surface area contributed by atoms with Crippen LogP contribution in [0.4, 0.5) is 5.69 Å². The number of carbonyl (C=O) groups is 1. The number of carbonyl (C=O) groups excluding carboxylic acids is 1. The summed E-state index contributed by atoms with van der Waals surface area (Å²) in [5, 5.41) is 12.3. The molecule has 0 heterocycles. The van der Waals surface area contributed by atoms with Gasteiger partial charge in [-0.1, -0.05) is 43.3 Å². The molecule has 5 heteroatoms. The number of hydrogen-bond donors (Lipinski definition) is 2. The van der Waals surface area contributed by atoms with Crippen molar-refractivity contribution in [3.63, 3.8) is 0 Å². The Bertz CT molecular complexity index is 689. The lowest BCUT2D eigenvalue weighted by atomic mass is 10.0. The molecule has 0 aliphatic carbocycles. The SMILES string of the molecule is CCN(CCO)C(C(=O)Nc1cc(C)ccc1OC)c1ccccc1. The van der Waals surface area contributed by atoms with Crippen molar-refractivity contribution >= 4 is 11.6 Å². The molecule has 0 radical (unpaired) electrons. The number of amides is 1. The van der Waals surface area contributed by atoms with Crippen LogP contribution in [0.2, 0.25) is 0 Å². The summed E-state index contributed by atoms with van der Waals surface area (Å²) in [4.78, 5) is 15.0. The minimum atomic E-state index is -0.483. The van der Waals surface area contributed by atoms with E-state index in [9.17, 15) is 9.90 Å². The van der Waals surface area contributed by atoms with E-state index in [1.165, 1.54) is 0 Å². The average Bonchev–Trinajstić information content (AvgIpc) is 2.62. The van der Waals surface area contributed by atoms with Crippen LogP contribution in [0.3, 0.4) is 0 Å². The molecule has 5 nitrogen and oxygen atoms in total. The van der Waals surface area contributed by atoms with Crippen LogP contribution < -0.4 is 10.1 Å². The zero-order chi connectivity index (χ0) is 18.2. The van der Waals surface area contributed by atoms with Gasteiger partial charge in [0.15, 0.2) is 0 Å². The Labute approximate surface area is 149 Å². The highest BCUT2D eigenvalue weighted by Crippen LogP contribution is 2.28. The lowest BCUT2D eigenvalue weighted by Gasteiger charge is -2.29. The molecule has 0 saturated heterocycles. The van der Waals surface area contributed by atoms with Crippen LogP contribution in [0.5, 0.6) is 5.75 Å². The zero-order valence-electron chi connectivity index (χ0n) is 15.0. The number of benzene rings is 2. The topological polar surface area (TPSA) is 61.8 Å². The van der Waals surface area contributed by atoms with E-state index in [0.29, 0.717) is 24.5 Å². The highest BCUT2D eigenvalue weighted by Gasteiger charge is 2.27. The molecule has 2 rings (SSSR count). The molecule has 1 atom stereocenters.